The molecule has 1 aromatic heterocycles. The second-order valence-corrected chi connectivity index (χ2v) is 7.22. The number of urea groups is 1. The molecule has 0 radical (unpaired) electrons. The van der Waals surface area contributed by atoms with Crippen molar-refractivity contribution in [1.29, 1.82) is 5.26 Å². The predicted octanol–water partition coefficient (Wildman–Crippen LogP) is 2.40. The molecule has 6 nitrogen and oxygen atoms in total. The highest BCUT2D eigenvalue weighted by atomic mass is 32.2. The average Bonchev–Trinajstić information content (AvgIpc) is 3.00. The number of fused-ring (bicyclic) bond motifs is 1. The van der Waals surface area contributed by atoms with Crippen LogP contribution in [0.15, 0.2) is 46.0 Å². The van der Waals surface area contributed by atoms with Crippen LogP contribution in [0.3, 0.4) is 0 Å². The highest BCUT2D eigenvalue weighted by Crippen LogP contribution is 2.37. The Bertz CT molecular complexity index is 853. The number of nitrogens with zero attached hydrogens (tertiary/aromatic N) is 3. The number of sulfonamides is 1. The van der Waals surface area contributed by atoms with Gasteiger partial charge in [-0.05, 0) is 5.56 Å². The standard InChI is InChI=1S/C14H11N3O3S2/c15-6-7-17-14(18)16(8-11-4-2-1-3-5-11)12-9-21-10-13(12)22(17,19)20/h1-5,9-10H,7-8H2. The van der Waals surface area contributed by atoms with Gasteiger partial charge in [-0.15, -0.1) is 11.3 Å². The summed E-state index contributed by atoms with van der Waals surface area (Å²) in [5, 5.41) is 11.9. The van der Waals surface area contributed by atoms with Crippen LogP contribution in [-0.4, -0.2) is 25.3 Å². The topological polar surface area (TPSA) is 81.5 Å². The number of anilines is 1. The summed E-state index contributed by atoms with van der Waals surface area (Å²) in [7, 11) is -3.95. The van der Waals surface area contributed by atoms with E-state index < -0.39 is 22.6 Å². The van der Waals surface area contributed by atoms with Crippen molar-refractivity contribution in [3.8, 4) is 6.07 Å². The molecule has 0 aliphatic carbocycles. The molecule has 0 unspecified atom stereocenters. The van der Waals surface area contributed by atoms with Gasteiger partial charge in [0, 0.05) is 10.8 Å². The molecular formula is C14H11N3O3S2. The minimum Gasteiger partial charge on any atom is -0.287 e. The molecular weight excluding hydrogens is 322 g/mol. The van der Waals surface area contributed by atoms with Crippen LogP contribution < -0.4 is 4.90 Å². The third-order valence-corrected chi connectivity index (χ3v) is 5.94. The van der Waals surface area contributed by atoms with Gasteiger partial charge in [0.25, 0.3) is 10.0 Å². The Morgan fingerprint density at radius 3 is 2.59 bits per heavy atom. The number of nitriles is 1. The average molecular weight is 333 g/mol. The summed E-state index contributed by atoms with van der Waals surface area (Å²) in [4.78, 5) is 14.0. The Hall–Kier alpha value is -2.37. The van der Waals surface area contributed by atoms with Crippen LogP contribution in [0.25, 0.3) is 0 Å². The molecule has 0 fully saturated rings. The highest BCUT2D eigenvalue weighted by Gasteiger charge is 2.41. The van der Waals surface area contributed by atoms with Crippen molar-refractivity contribution < 1.29 is 13.2 Å². The van der Waals surface area contributed by atoms with Gasteiger partial charge in [-0.25, -0.2) is 17.5 Å². The molecule has 0 spiro atoms. The first-order chi connectivity index (χ1) is 10.6. The lowest BCUT2D eigenvalue weighted by Gasteiger charge is -2.33. The fourth-order valence-corrected chi connectivity index (χ4v) is 4.89. The van der Waals surface area contributed by atoms with Crippen LogP contribution in [0, 0.1) is 11.3 Å². The van der Waals surface area contributed by atoms with Gasteiger partial charge in [-0.3, -0.25) is 4.90 Å². The molecule has 0 N–H and O–H groups in total. The van der Waals surface area contributed by atoms with Crippen molar-refractivity contribution in [3.63, 3.8) is 0 Å². The first-order valence-electron chi connectivity index (χ1n) is 6.37. The summed E-state index contributed by atoms with van der Waals surface area (Å²) in [6.45, 7) is -0.247. The van der Waals surface area contributed by atoms with Gasteiger partial charge in [-0.2, -0.15) is 5.26 Å². The van der Waals surface area contributed by atoms with E-state index in [0.717, 1.165) is 5.56 Å². The van der Waals surface area contributed by atoms with E-state index >= 15 is 0 Å². The highest BCUT2D eigenvalue weighted by molar-refractivity contribution is 7.90. The molecule has 2 aromatic rings. The first-order valence-corrected chi connectivity index (χ1v) is 8.75. The molecule has 0 saturated carbocycles. The van der Waals surface area contributed by atoms with Gasteiger partial charge in [0.1, 0.15) is 11.4 Å². The van der Waals surface area contributed by atoms with Gasteiger partial charge >= 0.3 is 6.03 Å². The summed E-state index contributed by atoms with van der Waals surface area (Å²) in [6.07, 6.45) is 0. The maximum atomic E-state index is 12.5. The maximum absolute atomic E-state index is 12.5. The van der Waals surface area contributed by atoms with E-state index in [2.05, 4.69) is 0 Å². The van der Waals surface area contributed by atoms with Gasteiger partial charge in [0.05, 0.1) is 18.3 Å². The van der Waals surface area contributed by atoms with Crippen molar-refractivity contribution in [1.82, 2.24) is 4.31 Å². The van der Waals surface area contributed by atoms with E-state index in [0.29, 0.717) is 9.99 Å². The lowest BCUT2D eigenvalue weighted by atomic mass is 10.2. The Morgan fingerprint density at radius 1 is 1.18 bits per heavy atom. The summed E-state index contributed by atoms with van der Waals surface area (Å²) < 4.78 is 25.4. The van der Waals surface area contributed by atoms with Crippen molar-refractivity contribution in [3.05, 3.63) is 46.7 Å². The molecule has 2 heterocycles. The van der Waals surface area contributed by atoms with E-state index in [1.807, 2.05) is 30.3 Å². The largest absolute Gasteiger partial charge is 0.339 e. The minimum atomic E-state index is -3.95. The Morgan fingerprint density at radius 2 is 1.91 bits per heavy atom. The number of carbonyl (C=O) groups is 1. The number of hydrogen-bond acceptors (Lipinski definition) is 5. The Balaban J connectivity index is 2.07. The van der Waals surface area contributed by atoms with Crippen LogP contribution in [0.5, 0.6) is 0 Å². The number of thiophene rings is 1. The van der Waals surface area contributed by atoms with Crippen LogP contribution in [0.1, 0.15) is 5.56 Å². The fraction of sp³-hybridized carbons (Fsp3) is 0.143. The summed E-state index contributed by atoms with van der Waals surface area (Å²) in [5.74, 6) is 0. The van der Waals surface area contributed by atoms with Crippen LogP contribution >= 0.6 is 11.3 Å². The molecule has 0 atom stereocenters. The number of hydrogen-bond donors (Lipinski definition) is 0. The Kier molecular flexibility index (Phi) is 3.60. The molecule has 1 aliphatic rings. The molecule has 2 amide bonds. The van der Waals surface area contributed by atoms with E-state index in [1.165, 1.54) is 21.6 Å². The van der Waals surface area contributed by atoms with Gasteiger partial charge in [0.15, 0.2) is 0 Å². The van der Waals surface area contributed by atoms with Gasteiger partial charge in [0.2, 0.25) is 0 Å². The van der Waals surface area contributed by atoms with E-state index in [4.69, 9.17) is 5.26 Å². The number of rotatable bonds is 3. The van der Waals surface area contributed by atoms with Crippen LogP contribution in [0.4, 0.5) is 10.5 Å². The predicted molar refractivity (Wildman–Crippen MR) is 81.8 cm³/mol. The minimum absolute atomic E-state index is 0.0725. The Labute approximate surface area is 131 Å². The third kappa shape index (κ3) is 2.24. The maximum Gasteiger partial charge on any atom is 0.339 e. The smallest absolute Gasteiger partial charge is 0.287 e. The number of carbonyl (C=O) groups excluding carboxylic acids is 1. The second-order valence-electron chi connectivity index (χ2n) is 4.65. The SMILES string of the molecule is N#CCN1C(=O)N(Cc2ccccc2)c2cscc2S1(=O)=O. The van der Waals surface area contributed by atoms with Gasteiger partial charge < -0.3 is 0 Å². The molecule has 8 heteroatoms. The van der Waals surface area contributed by atoms with Crippen molar-refractivity contribution in [2.24, 2.45) is 0 Å². The van der Waals surface area contributed by atoms with Crippen LogP contribution in [-0.2, 0) is 16.6 Å². The van der Waals surface area contributed by atoms with Crippen LogP contribution in [0.2, 0.25) is 0 Å². The normalized spacial score (nSPS) is 16.2. The summed E-state index contributed by atoms with van der Waals surface area (Å²) in [5.41, 5.74) is 1.25. The molecule has 1 aromatic carbocycles. The van der Waals surface area contributed by atoms with Gasteiger partial charge in [-0.1, -0.05) is 30.3 Å². The van der Waals surface area contributed by atoms with Crippen molar-refractivity contribution in [2.45, 2.75) is 11.4 Å². The van der Waals surface area contributed by atoms with E-state index in [-0.39, 0.29) is 11.4 Å². The van der Waals surface area contributed by atoms with E-state index in [9.17, 15) is 13.2 Å². The molecule has 1 aliphatic heterocycles. The number of amides is 2. The van der Waals surface area contributed by atoms with Crippen molar-refractivity contribution in [2.75, 3.05) is 11.4 Å². The van der Waals surface area contributed by atoms with Crippen molar-refractivity contribution >= 4 is 33.1 Å². The second kappa shape index (κ2) is 5.44. The zero-order valence-corrected chi connectivity index (χ0v) is 13.0. The third-order valence-electron chi connectivity index (χ3n) is 3.31. The lowest BCUT2D eigenvalue weighted by Crippen LogP contribution is -2.50. The lowest BCUT2D eigenvalue weighted by molar-refractivity contribution is 0.230. The fourth-order valence-electron chi connectivity index (χ4n) is 2.26. The monoisotopic (exact) mass is 333 g/mol. The molecule has 22 heavy (non-hydrogen) atoms. The molecule has 0 bridgehead atoms. The zero-order valence-electron chi connectivity index (χ0n) is 11.3. The quantitative estimate of drug-likeness (QED) is 0.808. The first kappa shape index (κ1) is 14.6. The zero-order chi connectivity index (χ0) is 15.7. The summed E-state index contributed by atoms with van der Waals surface area (Å²) >= 11 is 1.21. The number of benzene rings is 1. The van der Waals surface area contributed by atoms with E-state index in [1.54, 1.807) is 11.4 Å². The molecule has 112 valence electrons. The summed E-state index contributed by atoms with van der Waals surface area (Å²) in [6, 6.07) is 10.3. The molecule has 0 saturated heterocycles. The molecule has 3 rings (SSSR count).